The second-order valence-electron chi connectivity index (χ2n) is 5.37. The molecule has 1 saturated heterocycles. The van der Waals surface area contributed by atoms with E-state index in [1.807, 2.05) is 30.3 Å². The maximum absolute atomic E-state index is 12.8. The number of H-pyrrole nitrogens is 1. The summed E-state index contributed by atoms with van der Waals surface area (Å²) in [5.74, 6) is 0.517. The molecule has 7 heteroatoms. The van der Waals surface area contributed by atoms with Gasteiger partial charge in [0, 0.05) is 18.0 Å². The summed E-state index contributed by atoms with van der Waals surface area (Å²) in [5, 5.41) is 0. The third-order valence-electron chi connectivity index (χ3n) is 3.58. The minimum absolute atomic E-state index is 0.0363. The number of aromatic amines is 1. The first-order chi connectivity index (χ1) is 11.6. The Bertz CT molecular complexity index is 833. The molecule has 0 radical (unpaired) electrons. The molecule has 24 heavy (non-hydrogen) atoms. The van der Waals surface area contributed by atoms with Gasteiger partial charge in [0.1, 0.15) is 10.9 Å². The number of thiocarbonyl (C=S) groups is 1. The maximum Gasteiger partial charge on any atom is 0.291 e. The number of nitrogens with zero attached hydrogens (tertiary/aromatic N) is 1. The Morgan fingerprint density at radius 2 is 2.12 bits per heavy atom. The lowest BCUT2D eigenvalue weighted by Crippen LogP contribution is -2.32. The number of hydrogen-bond donors (Lipinski definition) is 1. The Balaban J connectivity index is 1.91. The van der Waals surface area contributed by atoms with Crippen LogP contribution >= 0.6 is 24.0 Å². The van der Waals surface area contributed by atoms with Crippen molar-refractivity contribution >= 4 is 34.2 Å². The minimum atomic E-state index is -0.410. The van der Waals surface area contributed by atoms with Crippen LogP contribution in [0.15, 0.2) is 41.2 Å². The largest absolute Gasteiger partial charge is 0.482 e. The van der Waals surface area contributed by atoms with Crippen LogP contribution in [0.1, 0.15) is 21.6 Å². The lowest BCUT2D eigenvalue weighted by Gasteiger charge is -2.17. The van der Waals surface area contributed by atoms with E-state index >= 15 is 0 Å². The number of amides is 1. The standard InChI is InChI=1S/C17H16N2O3S2/c1-11-9-13(16(21)19-7-8-24-17(19)23)14(15(20)18-11)22-10-12-5-3-2-4-6-12/h2-6,9H,7-8,10H2,1H3,(H,18,20). The molecule has 0 unspecified atom stereocenters. The molecule has 1 aromatic carbocycles. The highest BCUT2D eigenvalue weighted by molar-refractivity contribution is 8.23. The second kappa shape index (κ2) is 7.19. The van der Waals surface area contributed by atoms with Crippen LogP contribution in [0.4, 0.5) is 0 Å². The number of benzene rings is 1. The first-order valence-electron chi connectivity index (χ1n) is 7.45. The van der Waals surface area contributed by atoms with Crippen LogP contribution in [-0.2, 0) is 6.61 Å². The fraction of sp³-hybridized carbons (Fsp3) is 0.235. The Hall–Kier alpha value is -2.12. The number of ether oxygens (including phenoxy) is 1. The summed E-state index contributed by atoms with van der Waals surface area (Å²) in [5.41, 5.74) is 1.36. The van der Waals surface area contributed by atoms with Gasteiger partial charge in [-0.05, 0) is 18.6 Å². The monoisotopic (exact) mass is 360 g/mol. The molecule has 124 valence electrons. The molecule has 1 aliphatic heterocycles. The summed E-state index contributed by atoms with van der Waals surface area (Å²) in [6.07, 6.45) is 0. The van der Waals surface area contributed by atoms with Gasteiger partial charge in [0.05, 0.1) is 5.56 Å². The zero-order chi connectivity index (χ0) is 17.1. The average molecular weight is 360 g/mol. The van der Waals surface area contributed by atoms with Crippen molar-refractivity contribution in [2.24, 2.45) is 0 Å². The van der Waals surface area contributed by atoms with Crippen LogP contribution in [0.3, 0.4) is 0 Å². The number of rotatable bonds is 4. The van der Waals surface area contributed by atoms with Crippen LogP contribution in [0.25, 0.3) is 0 Å². The Kier molecular flexibility index (Phi) is 5.01. The van der Waals surface area contributed by atoms with E-state index in [0.29, 0.717) is 16.6 Å². The molecular weight excluding hydrogens is 344 g/mol. The van der Waals surface area contributed by atoms with Gasteiger partial charge in [-0.15, -0.1) is 0 Å². The number of aryl methyl sites for hydroxylation is 1. The van der Waals surface area contributed by atoms with Crippen LogP contribution in [-0.4, -0.2) is 32.4 Å². The molecule has 1 N–H and O–H groups in total. The molecule has 0 atom stereocenters. The van der Waals surface area contributed by atoms with Crippen LogP contribution in [0, 0.1) is 6.92 Å². The summed E-state index contributed by atoms with van der Waals surface area (Å²) in [7, 11) is 0. The van der Waals surface area contributed by atoms with Crippen LogP contribution in [0.2, 0.25) is 0 Å². The second-order valence-corrected chi connectivity index (χ2v) is 7.10. The van der Waals surface area contributed by atoms with Crippen molar-refractivity contribution in [2.75, 3.05) is 12.3 Å². The summed E-state index contributed by atoms with van der Waals surface area (Å²) in [4.78, 5) is 29.3. The Labute approximate surface area is 149 Å². The summed E-state index contributed by atoms with van der Waals surface area (Å²) >= 11 is 6.67. The van der Waals surface area contributed by atoms with Crippen molar-refractivity contribution in [2.45, 2.75) is 13.5 Å². The van der Waals surface area contributed by atoms with Gasteiger partial charge in [0.2, 0.25) is 0 Å². The molecule has 2 aromatic rings. The topological polar surface area (TPSA) is 62.4 Å². The minimum Gasteiger partial charge on any atom is -0.482 e. The number of nitrogens with one attached hydrogen (secondary N) is 1. The van der Waals surface area contributed by atoms with E-state index in [4.69, 9.17) is 17.0 Å². The smallest absolute Gasteiger partial charge is 0.291 e. The van der Waals surface area contributed by atoms with Gasteiger partial charge in [-0.1, -0.05) is 54.3 Å². The molecule has 0 spiro atoms. The third-order valence-corrected chi connectivity index (χ3v) is 5.01. The first kappa shape index (κ1) is 16.7. The van der Waals surface area contributed by atoms with Gasteiger partial charge >= 0.3 is 0 Å². The lowest BCUT2D eigenvalue weighted by atomic mass is 10.2. The van der Waals surface area contributed by atoms with Crippen molar-refractivity contribution in [1.29, 1.82) is 0 Å². The summed E-state index contributed by atoms with van der Waals surface area (Å²) in [6, 6.07) is 11.1. The number of pyridine rings is 1. The molecule has 5 nitrogen and oxygen atoms in total. The zero-order valence-electron chi connectivity index (χ0n) is 13.1. The number of hydrogen-bond acceptors (Lipinski definition) is 5. The third kappa shape index (κ3) is 3.52. The highest BCUT2D eigenvalue weighted by Crippen LogP contribution is 2.24. The molecule has 1 aromatic heterocycles. The quantitative estimate of drug-likeness (QED) is 0.850. The van der Waals surface area contributed by atoms with Crippen molar-refractivity contribution in [3.63, 3.8) is 0 Å². The molecule has 1 aliphatic rings. The van der Waals surface area contributed by atoms with E-state index in [9.17, 15) is 9.59 Å². The van der Waals surface area contributed by atoms with Crippen LogP contribution < -0.4 is 10.3 Å². The number of carbonyl (C=O) groups excluding carboxylic acids is 1. The van der Waals surface area contributed by atoms with E-state index in [0.717, 1.165) is 11.3 Å². The average Bonchev–Trinajstić information content (AvgIpc) is 2.99. The zero-order valence-corrected chi connectivity index (χ0v) is 14.7. The van der Waals surface area contributed by atoms with Gasteiger partial charge < -0.3 is 9.72 Å². The van der Waals surface area contributed by atoms with E-state index < -0.39 is 5.56 Å². The normalized spacial score (nSPS) is 14.0. The molecule has 1 fully saturated rings. The first-order valence-corrected chi connectivity index (χ1v) is 8.85. The number of carbonyl (C=O) groups is 1. The molecule has 0 aliphatic carbocycles. The highest BCUT2D eigenvalue weighted by Gasteiger charge is 2.28. The van der Waals surface area contributed by atoms with Crippen molar-refractivity contribution in [1.82, 2.24) is 9.88 Å². The van der Waals surface area contributed by atoms with Crippen molar-refractivity contribution < 1.29 is 9.53 Å². The number of thioether (sulfide) groups is 1. The molecule has 0 bridgehead atoms. The number of aromatic nitrogens is 1. The summed E-state index contributed by atoms with van der Waals surface area (Å²) in [6.45, 7) is 2.50. The van der Waals surface area contributed by atoms with Gasteiger partial charge in [-0.2, -0.15) is 0 Å². The maximum atomic E-state index is 12.8. The lowest BCUT2D eigenvalue weighted by molar-refractivity contribution is 0.0856. The predicted molar refractivity (Wildman–Crippen MR) is 98.7 cm³/mol. The molecule has 0 saturated carbocycles. The SMILES string of the molecule is Cc1cc(C(=O)N2CCSC2=S)c(OCc2ccccc2)c(=O)[nH]1. The van der Waals surface area contributed by atoms with E-state index in [1.54, 1.807) is 13.0 Å². The fourth-order valence-corrected chi connectivity index (χ4v) is 3.63. The predicted octanol–water partition coefficient (Wildman–Crippen LogP) is 2.74. The van der Waals surface area contributed by atoms with E-state index in [1.165, 1.54) is 16.7 Å². The summed E-state index contributed by atoms with van der Waals surface area (Å²) < 4.78 is 6.22. The molecule has 2 heterocycles. The van der Waals surface area contributed by atoms with Crippen LogP contribution in [0.5, 0.6) is 5.75 Å². The van der Waals surface area contributed by atoms with Gasteiger partial charge in [0.25, 0.3) is 11.5 Å². The highest BCUT2D eigenvalue weighted by atomic mass is 32.2. The molecular formula is C17H16N2O3S2. The Morgan fingerprint density at radius 3 is 2.79 bits per heavy atom. The fourth-order valence-electron chi connectivity index (χ4n) is 2.43. The Morgan fingerprint density at radius 1 is 1.38 bits per heavy atom. The van der Waals surface area contributed by atoms with E-state index in [2.05, 4.69) is 4.98 Å². The van der Waals surface area contributed by atoms with E-state index in [-0.39, 0.29) is 23.8 Å². The van der Waals surface area contributed by atoms with Crippen molar-refractivity contribution in [3.05, 3.63) is 63.6 Å². The van der Waals surface area contributed by atoms with Gasteiger partial charge in [0.15, 0.2) is 5.75 Å². The molecule has 1 amide bonds. The van der Waals surface area contributed by atoms with Gasteiger partial charge in [-0.3, -0.25) is 14.5 Å². The van der Waals surface area contributed by atoms with Gasteiger partial charge in [-0.25, -0.2) is 0 Å². The molecule has 3 rings (SSSR count). The van der Waals surface area contributed by atoms with Crippen molar-refractivity contribution in [3.8, 4) is 5.75 Å².